The molecule has 0 aromatic heterocycles. The van der Waals surface area contributed by atoms with E-state index < -0.39 is 0 Å². The van der Waals surface area contributed by atoms with Crippen molar-refractivity contribution in [1.82, 2.24) is 4.90 Å². The average molecular weight is 328 g/mol. The summed E-state index contributed by atoms with van der Waals surface area (Å²) in [7, 11) is 0. The Hall–Kier alpha value is -1.56. The van der Waals surface area contributed by atoms with E-state index in [1.54, 1.807) is 4.90 Å². The number of oxime groups is 1. The van der Waals surface area contributed by atoms with Gasteiger partial charge in [-0.1, -0.05) is 23.7 Å². The molecule has 0 heterocycles. The predicted molar refractivity (Wildman–Crippen MR) is 78.5 cm³/mol. The number of benzene rings is 1. The Morgan fingerprint density at radius 1 is 1.53 bits per heavy atom. The van der Waals surface area contributed by atoms with Gasteiger partial charge >= 0.3 is 0 Å². The lowest BCUT2D eigenvalue weighted by Gasteiger charge is -2.22. The number of hydrogen-bond donors (Lipinski definition) is 2. The van der Waals surface area contributed by atoms with Crippen LogP contribution in [-0.2, 0) is 0 Å². The summed E-state index contributed by atoms with van der Waals surface area (Å²) in [5.74, 6) is -0.116. The van der Waals surface area contributed by atoms with E-state index in [0.717, 1.165) is 16.5 Å². The van der Waals surface area contributed by atoms with Crippen LogP contribution in [-0.4, -0.2) is 34.9 Å². The van der Waals surface area contributed by atoms with Crippen LogP contribution >= 0.6 is 15.9 Å². The summed E-state index contributed by atoms with van der Waals surface area (Å²) >= 11 is 3.38. The van der Waals surface area contributed by atoms with Gasteiger partial charge < -0.3 is 15.8 Å². The Morgan fingerprint density at radius 3 is 2.79 bits per heavy atom. The van der Waals surface area contributed by atoms with E-state index in [0.29, 0.717) is 12.1 Å². The van der Waals surface area contributed by atoms with Gasteiger partial charge in [0.2, 0.25) is 0 Å². The fraction of sp³-hybridized carbons (Fsp3) is 0.385. The van der Waals surface area contributed by atoms with Gasteiger partial charge in [0.15, 0.2) is 5.84 Å². The molecular formula is C13H18BrN3O2. The first-order valence-electron chi connectivity index (χ1n) is 6.01. The number of nitrogens with zero attached hydrogens (tertiary/aromatic N) is 2. The number of rotatable bonds is 5. The van der Waals surface area contributed by atoms with Crippen LogP contribution in [0.3, 0.4) is 0 Å². The number of aryl methyl sites for hydroxylation is 1. The van der Waals surface area contributed by atoms with E-state index in [2.05, 4.69) is 21.1 Å². The molecule has 104 valence electrons. The number of nitrogens with two attached hydrogens (primary N) is 1. The third kappa shape index (κ3) is 4.24. The number of amidine groups is 1. The van der Waals surface area contributed by atoms with E-state index in [9.17, 15) is 4.79 Å². The van der Waals surface area contributed by atoms with Crippen molar-refractivity contribution < 1.29 is 10.0 Å². The highest BCUT2D eigenvalue weighted by Gasteiger charge is 2.18. The molecule has 6 heteroatoms. The topological polar surface area (TPSA) is 78.9 Å². The molecule has 0 aliphatic heterocycles. The summed E-state index contributed by atoms with van der Waals surface area (Å²) < 4.78 is 0.740. The van der Waals surface area contributed by atoms with E-state index in [4.69, 9.17) is 10.9 Å². The maximum absolute atomic E-state index is 12.5. The molecule has 0 radical (unpaired) electrons. The van der Waals surface area contributed by atoms with Crippen LogP contribution in [0.4, 0.5) is 0 Å². The van der Waals surface area contributed by atoms with Crippen LogP contribution in [0.5, 0.6) is 0 Å². The van der Waals surface area contributed by atoms with Gasteiger partial charge in [-0.3, -0.25) is 4.79 Å². The van der Waals surface area contributed by atoms with Crippen molar-refractivity contribution in [2.24, 2.45) is 10.9 Å². The van der Waals surface area contributed by atoms with Gasteiger partial charge in [0.25, 0.3) is 5.91 Å². The van der Waals surface area contributed by atoms with Gasteiger partial charge in [-0.25, -0.2) is 0 Å². The standard InChI is InChI=1S/C13H18BrN3O2/c1-3-6-17(8-12(15)16-19)13(18)10-7-9(2)4-5-11(10)14/h4-5,7,19H,3,6,8H2,1-2H3,(H2,15,16). The lowest BCUT2D eigenvalue weighted by molar-refractivity contribution is 0.0777. The van der Waals surface area contributed by atoms with Crippen molar-refractivity contribution in [2.45, 2.75) is 20.3 Å². The lowest BCUT2D eigenvalue weighted by atomic mass is 10.1. The molecule has 0 aliphatic carbocycles. The first kappa shape index (κ1) is 15.5. The summed E-state index contributed by atoms with van der Waals surface area (Å²) in [4.78, 5) is 14.0. The Morgan fingerprint density at radius 2 is 2.21 bits per heavy atom. The molecule has 1 aromatic carbocycles. The van der Waals surface area contributed by atoms with Crippen molar-refractivity contribution in [3.05, 3.63) is 33.8 Å². The molecule has 0 bridgehead atoms. The van der Waals surface area contributed by atoms with Crippen molar-refractivity contribution in [1.29, 1.82) is 0 Å². The van der Waals surface area contributed by atoms with Crippen LogP contribution < -0.4 is 5.73 Å². The zero-order valence-electron chi connectivity index (χ0n) is 11.1. The molecule has 0 saturated heterocycles. The molecular weight excluding hydrogens is 310 g/mol. The molecule has 1 amide bonds. The van der Waals surface area contributed by atoms with Crippen molar-refractivity contribution in [3.63, 3.8) is 0 Å². The van der Waals surface area contributed by atoms with Crippen LogP contribution in [0.25, 0.3) is 0 Å². The minimum Gasteiger partial charge on any atom is -0.409 e. The van der Waals surface area contributed by atoms with E-state index in [1.165, 1.54) is 0 Å². The van der Waals surface area contributed by atoms with Crippen LogP contribution in [0.15, 0.2) is 27.8 Å². The fourth-order valence-electron chi connectivity index (χ4n) is 1.72. The van der Waals surface area contributed by atoms with E-state index in [1.807, 2.05) is 32.0 Å². The minimum atomic E-state index is -0.135. The Labute approximate surface area is 121 Å². The second-order valence-corrected chi connectivity index (χ2v) is 5.16. The Kier molecular flexibility index (Phi) is 5.82. The van der Waals surface area contributed by atoms with Gasteiger partial charge in [0, 0.05) is 11.0 Å². The average Bonchev–Trinajstić information content (AvgIpc) is 2.40. The van der Waals surface area contributed by atoms with Crippen molar-refractivity contribution in [3.8, 4) is 0 Å². The van der Waals surface area contributed by atoms with E-state index in [-0.39, 0.29) is 18.3 Å². The highest BCUT2D eigenvalue weighted by atomic mass is 79.9. The first-order chi connectivity index (χ1) is 8.99. The lowest BCUT2D eigenvalue weighted by Crippen LogP contribution is -2.39. The van der Waals surface area contributed by atoms with Crippen LogP contribution in [0.1, 0.15) is 29.3 Å². The second-order valence-electron chi connectivity index (χ2n) is 4.30. The number of halogens is 1. The Balaban J connectivity index is 3.01. The summed E-state index contributed by atoms with van der Waals surface area (Å²) in [5, 5.41) is 11.5. The van der Waals surface area contributed by atoms with Crippen molar-refractivity contribution in [2.75, 3.05) is 13.1 Å². The maximum atomic E-state index is 12.5. The largest absolute Gasteiger partial charge is 0.409 e. The fourth-order valence-corrected chi connectivity index (χ4v) is 2.14. The molecule has 5 nitrogen and oxygen atoms in total. The van der Waals surface area contributed by atoms with Gasteiger partial charge in [-0.2, -0.15) is 0 Å². The maximum Gasteiger partial charge on any atom is 0.255 e. The number of amides is 1. The summed E-state index contributed by atoms with van der Waals surface area (Å²) in [6, 6.07) is 5.59. The first-order valence-corrected chi connectivity index (χ1v) is 6.80. The molecule has 0 aliphatic rings. The SMILES string of the molecule is CCCN(C/C(N)=N/O)C(=O)c1cc(C)ccc1Br. The number of carbonyl (C=O) groups excluding carboxylic acids is 1. The van der Waals surface area contributed by atoms with Gasteiger partial charge in [0.1, 0.15) is 0 Å². The molecule has 1 rings (SSSR count). The number of hydrogen-bond acceptors (Lipinski definition) is 3. The molecule has 0 unspecified atom stereocenters. The van der Waals surface area contributed by atoms with Gasteiger partial charge in [-0.15, -0.1) is 0 Å². The van der Waals surface area contributed by atoms with Crippen molar-refractivity contribution >= 4 is 27.7 Å². The predicted octanol–water partition coefficient (Wildman–Crippen LogP) is 2.36. The monoisotopic (exact) mass is 327 g/mol. The molecule has 3 N–H and O–H groups in total. The summed E-state index contributed by atoms with van der Waals surface area (Å²) in [5.41, 5.74) is 7.07. The minimum absolute atomic E-state index is 0.0191. The number of carbonyl (C=O) groups is 1. The highest BCUT2D eigenvalue weighted by Crippen LogP contribution is 2.20. The van der Waals surface area contributed by atoms with E-state index >= 15 is 0 Å². The zero-order chi connectivity index (χ0) is 14.4. The smallest absolute Gasteiger partial charge is 0.255 e. The zero-order valence-corrected chi connectivity index (χ0v) is 12.6. The normalized spacial score (nSPS) is 11.4. The molecule has 19 heavy (non-hydrogen) atoms. The van der Waals surface area contributed by atoms with Crippen LogP contribution in [0, 0.1) is 6.92 Å². The molecule has 0 saturated carbocycles. The highest BCUT2D eigenvalue weighted by molar-refractivity contribution is 9.10. The second kappa shape index (κ2) is 7.13. The Bertz CT molecular complexity index is 489. The third-order valence-corrected chi connectivity index (χ3v) is 3.31. The van der Waals surface area contributed by atoms with Gasteiger partial charge in [0.05, 0.1) is 12.1 Å². The molecule has 0 spiro atoms. The van der Waals surface area contributed by atoms with Gasteiger partial charge in [-0.05, 0) is 41.4 Å². The molecule has 1 aromatic rings. The summed E-state index contributed by atoms with van der Waals surface area (Å²) in [6.07, 6.45) is 0.799. The molecule has 0 atom stereocenters. The van der Waals surface area contributed by atoms with Crippen LogP contribution in [0.2, 0.25) is 0 Å². The third-order valence-electron chi connectivity index (χ3n) is 2.61. The summed E-state index contributed by atoms with van der Waals surface area (Å²) in [6.45, 7) is 4.56. The quantitative estimate of drug-likeness (QED) is 0.377. The molecule has 0 fully saturated rings.